The molecule has 0 saturated heterocycles. The highest BCUT2D eigenvalue weighted by molar-refractivity contribution is 6.09. The van der Waals surface area contributed by atoms with E-state index in [1.165, 1.54) is 66.1 Å². The van der Waals surface area contributed by atoms with Crippen LogP contribution in [-0.2, 0) is 25.7 Å². The van der Waals surface area contributed by atoms with E-state index < -0.39 is 0 Å². The summed E-state index contributed by atoms with van der Waals surface area (Å²) in [6.45, 7) is 4.43. The van der Waals surface area contributed by atoms with E-state index in [4.69, 9.17) is 15.0 Å². The SMILES string of the molecule is Cc1cc(-c2ccccc2)ncc1CCc1cc(CCc2cnc(-c3ccccc3)cc2C)cc(-c2ccccc2-c2cnc(-c3ccccc3)cc2-c2ccc3c(ccc4ccccc43)c2)c1. The maximum Gasteiger partial charge on any atom is 0.0708 e. The number of rotatable bonds is 12. The van der Waals surface area contributed by atoms with Crippen LogP contribution in [-0.4, -0.2) is 15.0 Å². The highest BCUT2D eigenvalue weighted by Crippen LogP contribution is 2.41. The van der Waals surface area contributed by atoms with Crippen molar-refractivity contribution >= 4 is 21.5 Å². The molecular weight excluding hydrogens is 823 g/mol. The van der Waals surface area contributed by atoms with Gasteiger partial charge in [-0.25, -0.2) is 0 Å². The average Bonchev–Trinajstić information content (AvgIpc) is 3.40. The molecule has 3 aromatic heterocycles. The summed E-state index contributed by atoms with van der Waals surface area (Å²) in [6.07, 6.45) is 9.84. The number of aromatic nitrogens is 3. The Morgan fingerprint density at radius 1 is 0.294 bits per heavy atom. The van der Waals surface area contributed by atoms with Gasteiger partial charge in [-0.2, -0.15) is 0 Å². The van der Waals surface area contributed by atoms with E-state index in [1.807, 2.05) is 0 Å². The Morgan fingerprint density at radius 2 is 0.779 bits per heavy atom. The number of hydrogen-bond donors (Lipinski definition) is 0. The fourth-order valence-electron chi connectivity index (χ4n) is 9.82. The van der Waals surface area contributed by atoms with Crippen LogP contribution in [0, 0.1) is 13.8 Å². The van der Waals surface area contributed by atoms with Crippen LogP contribution in [0.25, 0.3) is 88.7 Å². The van der Waals surface area contributed by atoms with Crippen LogP contribution in [0.2, 0.25) is 0 Å². The molecule has 3 heteroatoms. The molecule has 11 aromatic rings. The van der Waals surface area contributed by atoms with Crippen molar-refractivity contribution in [1.29, 1.82) is 0 Å². The summed E-state index contributed by atoms with van der Waals surface area (Å²) in [5.41, 5.74) is 21.0. The minimum atomic E-state index is 0.896. The third-order valence-corrected chi connectivity index (χ3v) is 13.6. The summed E-state index contributed by atoms with van der Waals surface area (Å²) in [6, 6.07) is 74.4. The number of pyridine rings is 3. The van der Waals surface area contributed by atoms with Crippen LogP contribution < -0.4 is 0 Å². The van der Waals surface area contributed by atoms with Crippen molar-refractivity contribution in [2.75, 3.05) is 0 Å². The highest BCUT2D eigenvalue weighted by atomic mass is 14.7. The van der Waals surface area contributed by atoms with Crippen molar-refractivity contribution in [3.8, 4) is 67.2 Å². The van der Waals surface area contributed by atoms with E-state index in [2.05, 4.69) is 239 Å². The van der Waals surface area contributed by atoms with Gasteiger partial charge in [0.1, 0.15) is 0 Å². The van der Waals surface area contributed by atoms with E-state index in [0.717, 1.165) is 81.7 Å². The van der Waals surface area contributed by atoms with Crippen LogP contribution in [0.4, 0.5) is 0 Å². The van der Waals surface area contributed by atoms with Crippen LogP contribution in [0.3, 0.4) is 0 Å². The lowest BCUT2D eigenvalue weighted by Crippen LogP contribution is -2.01. The molecule has 0 fully saturated rings. The van der Waals surface area contributed by atoms with Gasteiger partial charge in [-0.3, -0.25) is 15.0 Å². The topological polar surface area (TPSA) is 38.7 Å². The van der Waals surface area contributed by atoms with Crippen molar-refractivity contribution in [2.24, 2.45) is 0 Å². The molecule has 0 N–H and O–H groups in total. The van der Waals surface area contributed by atoms with Crippen molar-refractivity contribution in [3.63, 3.8) is 0 Å². The fraction of sp³-hybridized carbons (Fsp3) is 0.0923. The minimum absolute atomic E-state index is 0.896. The van der Waals surface area contributed by atoms with Crippen LogP contribution in [0.1, 0.15) is 33.4 Å². The summed E-state index contributed by atoms with van der Waals surface area (Å²) in [7, 11) is 0. The first-order valence-electron chi connectivity index (χ1n) is 23.7. The van der Waals surface area contributed by atoms with Gasteiger partial charge < -0.3 is 0 Å². The molecule has 0 atom stereocenters. The zero-order valence-corrected chi connectivity index (χ0v) is 38.5. The largest absolute Gasteiger partial charge is 0.256 e. The van der Waals surface area contributed by atoms with Gasteiger partial charge >= 0.3 is 0 Å². The van der Waals surface area contributed by atoms with Gasteiger partial charge in [0, 0.05) is 40.8 Å². The molecule has 68 heavy (non-hydrogen) atoms. The standard InChI is InChI=1S/C65H51N3/c1-44-34-63(49-17-6-3-7-18-49)66-41-54(44)28-26-46-36-47(27-29-55-42-67-64(35-45(55)2)50-19-8-4-9-20-50)38-56(37-46)58-24-14-15-25-60(58)62-43-68-65(51-21-10-5-11-22-51)40-61(62)53-32-33-59-52(39-53)31-30-48-16-12-13-23-57(48)59/h3-25,30-43H,26-29H2,1-2H3. The lowest BCUT2D eigenvalue weighted by Gasteiger charge is -2.18. The molecule has 0 spiro atoms. The predicted octanol–water partition coefficient (Wildman–Crippen LogP) is 16.4. The molecule has 11 rings (SSSR count). The van der Waals surface area contributed by atoms with Gasteiger partial charge in [0.2, 0.25) is 0 Å². The second kappa shape index (κ2) is 18.9. The Balaban J connectivity index is 0.991. The molecule has 0 aliphatic carbocycles. The van der Waals surface area contributed by atoms with Gasteiger partial charge in [-0.05, 0) is 147 Å². The van der Waals surface area contributed by atoms with Crippen LogP contribution in [0.5, 0.6) is 0 Å². The van der Waals surface area contributed by atoms with Crippen molar-refractivity contribution in [1.82, 2.24) is 15.0 Å². The number of aryl methyl sites for hydroxylation is 6. The van der Waals surface area contributed by atoms with Crippen molar-refractivity contribution in [3.05, 3.63) is 258 Å². The third-order valence-electron chi connectivity index (χ3n) is 13.6. The van der Waals surface area contributed by atoms with E-state index in [-0.39, 0.29) is 0 Å². The highest BCUT2D eigenvalue weighted by Gasteiger charge is 2.18. The molecule has 0 aliphatic rings. The van der Waals surface area contributed by atoms with Gasteiger partial charge in [0.05, 0.1) is 17.1 Å². The summed E-state index contributed by atoms with van der Waals surface area (Å²) < 4.78 is 0. The maximum absolute atomic E-state index is 5.17. The molecule has 326 valence electrons. The van der Waals surface area contributed by atoms with E-state index in [9.17, 15) is 0 Å². The quantitative estimate of drug-likeness (QED) is 0.115. The first kappa shape index (κ1) is 42.4. The van der Waals surface area contributed by atoms with Crippen LogP contribution in [0.15, 0.2) is 225 Å². The Hall–Kier alpha value is -8.27. The van der Waals surface area contributed by atoms with Crippen molar-refractivity contribution in [2.45, 2.75) is 39.5 Å². The summed E-state index contributed by atoms with van der Waals surface area (Å²) in [4.78, 5) is 15.0. The summed E-state index contributed by atoms with van der Waals surface area (Å²) >= 11 is 0. The van der Waals surface area contributed by atoms with Crippen LogP contribution >= 0.6 is 0 Å². The normalized spacial score (nSPS) is 11.3. The van der Waals surface area contributed by atoms with Gasteiger partial charge in [-0.15, -0.1) is 0 Å². The monoisotopic (exact) mass is 873 g/mol. The van der Waals surface area contributed by atoms with Gasteiger partial charge in [0.15, 0.2) is 0 Å². The average molecular weight is 874 g/mol. The van der Waals surface area contributed by atoms with E-state index >= 15 is 0 Å². The number of benzene rings is 8. The first-order valence-corrected chi connectivity index (χ1v) is 23.7. The van der Waals surface area contributed by atoms with Crippen molar-refractivity contribution < 1.29 is 0 Å². The molecule has 8 aromatic carbocycles. The molecular formula is C65H51N3. The maximum atomic E-state index is 5.17. The van der Waals surface area contributed by atoms with Gasteiger partial charge in [-0.1, -0.05) is 182 Å². The molecule has 3 nitrogen and oxygen atoms in total. The molecule has 0 saturated carbocycles. The second-order valence-corrected chi connectivity index (χ2v) is 18.0. The number of hydrogen-bond acceptors (Lipinski definition) is 3. The smallest absolute Gasteiger partial charge is 0.0708 e. The Bertz CT molecular complexity index is 3470. The minimum Gasteiger partial charge on any atom is -0.256 e. The molecule has 3 heterocycles. The molecule has 0 amide bonds. The fourth-order valence-corrected chi connectivity index (χ4v) is 9.82. The Kier molecular flexibility index (Phi) is 11.8. The number of fused-ring (bicyclic) bond motifs is 3. The summed E-state index contributed by atoms with van der Waals surface area (Å²) in [5, 5.41) is 4.99. The third kappa shape index (κ3) is 8.87. The Labute approximate surface area is 399 Å². The second-order valence-electron chi connectivity index (χ2n) is 18.0. The summed E-state index contributed by atoms with van der Waals surface area (Å²) in [5.74, 6) is 0. The van der Waals surface area contributed by atoms with E-state index in [0.29, 0.717) is 0 Å². The zero-order chi connectivity index (χ0) is 45.8. The predicted molar refractivity (Wildman–Crippen MR) is 285 cm³/mol. The molecule has 0 bridgehead atoms. The molecule has 0 aliphatic heterocycles. The molecule has 0 unspecified atom stereocenters. The lowest BCUT2D eigenvalue weighted by molar-refractivity contribution is 0.913. The first-order chi connectivity index (χ1) is 33.5. The number of nitrogens with zero attached hydrogens (tertiary/aromatic N) is 3. The zero-order valence-electron chi connectivity index (χ0n) is 38.5. The lowest BCUT2D eigenvalue weighted by atomic mass is 9.87. The van der Waals surface area contributed by atoms with E-state index in [1.54, 1.807) is 0 Å². The Morgan fingerprint density at radius 3 is 1.37 bits per heavy atom. The molecule has 0 radical (unpaired) electrons. The van der Waals surface area contributed by atoms with Gasteiger partial charge in [0.25, 0.3) is 0 Å².